The Hall–Kier alpha value is -1.75. The lowest BCUT2D eigenvalue weighted by Crippen LogP contribution is -2.17. The molecule has 2 rings (SSSR count). The summed E-state index contributed by atoms with van der Waals surface area (Å²) < 4.78 is 4.24. The summed E-state index contributed by atoms with van der Waals surface area (Å²) in [7, 11) is 0. The number of aromatic nitrogens is 2. The number of carbonyl (C=O) groups is 1. The first-order valence-electron chi connectivity index (χ1n) is 5.78. The van der Waals surface area contributed by atoms with E-state index in [1.54, 1.807) is 0 Å². The van der Waals surface area contributed by atoms with Crippen LogP contribution in [0, 0.1) is 12.8 Å². The molecule has 18 heavy (non-hydrogen) atoms. The Bertz CT molecular complexity index is 546. The predicted molar refractivity (Wildman–Crippen MR) is 73.5 cm³/mol. The summed E-state index contributed by atoms with van der Waals surface area (Å²) in [6.07, 6.45) is 0. The van der Waals surface area contributed by atoms with E-state index in [0.29, 0.717) is 11.0 Å². The smallest absolute Gasteiger partial charge is 0.228 e. The average molecular weight is 261 g/mol. The van der Waals surface area contributed by atoms with Gasteiger partial charge in [-0.1, -0.05) is 43.7 Å². The summed E-state index contributed by atoms with van der Waals surface area (Å²) in [5.41, 5.74) is 2.16. The highest BCUT2D eigenvalue weighted by Gasteiger charge is 2.11. The van der Waals surface area contributed by atoms with Crippen LogP contribution in [0.25, 0.3) is 11.4 Å². The third kappa shape index (κ3) is 2.92. The largest absolute Gasteiger partial charge is 0.300 e. The van der Waals surface area contributed by atoms with Gasteiger partial charge in [0.05, 0.1) is 0 Å². The molecule has 0 aliphatic heterocycles. The lowest BCUT2D eigenvalue weighted by molar-refractivity contribution is -0.118. The minimum absolute atomic E-state index is 0.0402. The minimum Gasteiger partial charge on any atom is -0.300 e. The molecule has 1 aromatic carbocycles. The fourth-order valence-corrected chi connectivity index (χ4v) is 1.94. The zero-order valence-corrected chi connectivity index (χ0v) is 11.4. The van der Waals surface area contributed by atoms with Crippen molar-refractivity contribution in [2.45, 2.75) is 20.8 Å². The molecule has 1 aromatic heterocycles. The van der Waals surface area contributed by atoms with Crippen molar-refractivity contribution in [2.75, 3.05) is 5.32 Å². The quantitative estimate of drug-likeness (QED) is 0.923. The number of carbonyl (C=O) groups excluding carboxylic acids is 1. The molecule has 0 saturated carbocycles. The summed E-state index contributed by atoms with van der Waals surface area (Å²) >= 11 is 1.20. The zero-order chi connectivity index (χ0) is 13.1. The highest BCUT2D eigenvalue weighted by atomic mass is 32.1. The number of anilines is 1. The Balaban J connectivity index is 2.15. The number of aryl methyl sites for hydroxylation is 1. The molecule has 0 bridgehead atoms. The second kappa shape index (κ2) is 5.27. The van der Waals surface area contributed by atoms with Gasteiger partial charge in [0.25, 0.3) is 0 Å². The predicted octanol–water partition coefficient (Wildman–Crippen LogP) is 3.11. The Labute approximate surface area is 110 Å². The van der Waals surface area contributed by atoms with Crippen LogP contribution in [0.2, 0.25) is 0 Å². The van der Waals surface area contributed by atoms with E-state index in [-0.39, 0.29) is 11.8 Å². The van der Waals surface area contributed by atoms with Gasteiger partial charge in [-0.25, -0.2) is 0 Å². The molecular weight excluding hydrogens is 246 g/mol. The maximum Gasteiger partial charge on any atom is 0.228 e. The van der Waals surface area contributed by atoms with Crippen LogP contribution < -0.4 is 5.32 Å². The Kier molecular flexibility index (Phi) is 3.72. The highest BCUT2D eigenvalue weighted by Crippen LogP contribution is 2.21. The first kappa shape index (κ1) is 12.7. The summed E-state index contributed by atoms with van der Waals surface area (Å²) in [6.45, 7) is 5.72. The maximum absolute atomic E-state index is 11.5. The molecule has 0 radical (unpaired) electrons. The van der Waals surface area contributed by atoms with Gasteiger partial charge in [-0.2, -0.15) is 9.36 Å². The molecule has 0 unspecified atom stereocenters. The van der Waals surface area contributed by atoms with Crippen molar-refractivity contribution in [1.29, 1.82) is 0 Å². The molecule has 0 spiro atoms. The van der Waals surface area contributed by atoms with Gasteiger partial charge in [0.2, 0.25) is 11.0 Å². The number of rotatable bonds is 3. The van der Waals surface area contributed by atoms with Crippen LogP contribution in [0.1, 0.15) is 19.4 Å². The molecule has 0 aliphatic rings. The zero-order valence-electron chi connectivity index (χ0n) is 10.6. The van der Waals surface area contributed by atoms with Gasteiger partial charge in [0, 0.05) is 23.0 Å². The van der Waals surface area contributed by atoms with Crippen LogP contribution in [-0.2, 0) is 4.79 Å². The van der Waals surface area contributed by atoms with E-state index in [9.17, 15) is 4.79 Å². The number of amides is 1. The standard InChI is InChI=1S/C13H15N3OS/c1-8(2)12(17)15-13-14-11(16-18-13)10-6-4-9(3)5-7-10/h4-8H,1-3H3,(H,14,15,16,17). The summed E-state index contributed by atoms with van der Waals surface area (Å²) in [4.78, 5) is 15.8. The molecule has 0 saturated heterocycles. The molecule has 1 heterocycles. The molecule has 2 aromatic rings. The molecule has 0 atom stereocenters. The van der Waals surface area contributed by atoms with Crippen molar-refractivity contribution in [1.82, 2.24) is 9.36 Å². The van der Waals surface area contributed by atoms with Gasteiger partial charge in [-0.3, -0.25) is 4.79 Å². The second-order valence-electron chi connectivity index (χ2n) is 4.43. The van der Waals surface area contributed by atoms with Crippen molar-refractivity contribution in [3.05, 3.63) is 29.8 Å². The first-order valence-corrected chi connectivity index (χ1v) is 6.55. The fraction of sp³-hybridized carbons (Fsp3) is 0.308. The van der Waals surface area contributed by atoms with E-state index in [0.717, 1.165) is 5.56 Å². The van der Waals surface area contributed by atoms with Crippen LogP contribution in [0.5, 0.6) is 0 Å². The monoisotopic (exact) mass is 261 g/mol. The highest BCUT2D eigenvalue weighted by molar-refractivity contribution is 7.10. The molecule has 1 amide bonds. The van der Waals surface area contributed by atoms with E-state index >= 15 is 0 Å². The lowest BCUT2D eigenvalue weighted by Gasteiger charge is -2.02. The summed E-state index contributed by atoms with van der Waals surface area (Å²) in [5.74, 6) is 0.553. The van der Waals surface area contributed by atoms with Crippen LogP contribution in [0.4, 0.5) is 5.13 Å². The lowest BCUT2D eigenvalue weighted by atomic mass is 10.1. The number of hydrogen-bond donors (Lipinski definition) is 1. The Morgan fingerprint density at radius 3 is 2.56 bits per heavy atom. The van der Waals surface area contributed by atoms with Crippen LogP contribution in [0.15, 0.2) is 24.3 Å². The number of hydrogen-bond acceptors (Lipinski definition) is 4. The van der Waals surface area contributed by atoms with Gasteiger partial charge in [-0.15, -0.1) is 0 Å². The van der Waals surface area contributed by atoms with E-state index < -0.39 is 0 Å². The molecule has 0 fully saturated rings. The van der Waals surface area contributed by atoms with E-state index in [2.05, 4.69) is 14.7 Å². The summed E-state index contributed by atoms with van der Waals surface area (Å²) in [6, 6.07) is 7.99. The van der Waals surface area contributed by atoms with Gasteiger partial charge < -0.3 is 5.32 Å². The number of nitrogens with zero attached hydrogens (tertiary/aromatic N) is 2. The van der Waals surface area contributed by atoms with Crippen molar-refractivity contribution in [3.63, 3.8) is 0 Å². The van der Waals surface area contributed by atoms with Gasteiger partial charge in [0.1, 0.15) is 0 Å². The van der Waals surface area contributed by atoms with Gasteiger partial charge >= 0.3 is 0 Å². The fourth-order valence-electron chi connectivity index (χ4n) is 1.34. The maximum atomic E-state index is 11.5. The van der Waals surface area contributed by atoms with E-state index in [1.165, 1.54) is 17.1 Å². The van der Waals surface area contributed by atoms with Crippen molar-refractivity contribution in [3.8, 4) is 11.4 Å². The normalized spacial score (nSPS) is 10.7. The Morgan fingerprint density at radius 2 is 1.94 bits per heavy atom. The third-order valence-corrected chi connectivity index (χ3v) is 3.12. The van der Waals surface area contributed by atoms with E-state index in [4.69, 9.17) is 0 Å². The first-order chi connectivity index (χ1) is 8.56. The molecule has 1 N–H and O–H groups in total. The Morgan fingerprint density at radius 1 is 1.28 bits per heavy atom. The summed E-state index contributed by atoms with van der Waals surface area (Å²) in [5, 5.41) is 3.29. The molecule has 94 valence electrons. The third-order valence-electron chi connectivity index (χ3n) is 2.49. The topological polar surface area (TPSA) is 54.9 Å². The second-order valence-corrected chi connectivity index (χ2v) is 5.18. The number of nitrogens with one attached hydrogen (secondary N) is 1. The number of benzene rings is 1. The van der Waals surface area contributed by atoms with Crippen molar-refractivity contribution in [2.24, 2.45) is 5.92 Å². The van der Waals surface area contributed by atoms with E-state index in [1.807, 2.05) is 45.0 Å². The van der Waals surface area contributed by atoms with Gasteiger partial charge in [-0.05, 0) is 6.92 Å². The SMILES string of the molecule is Cc1ccc(-c2nsc(NC(=O)C(C)C)n2)cc1. The van der Waals surface area contributed by atoms with Crippen molar-refractivity contribution >= 4 is 22.6 Å². The van der Waals surface area contributed by atoms with Crippen LogP contribution in [-0.4, -0.2) is 15.3 Å². The minimum atomic E-state index is -0.0586. The van der Waals surface area contributed by atoms with Crippen LogP contribution >= 0.6 is 11.5 Å². The average Bonchev–Trinajstić information content (AvgIpc) is 2.78. The van der Waals surface area contributed by atoms with Crippen molar-refractivity contribution < 1.29 is 4.79 Å². The van der Waals surface area contributed by atoms with Gasteiger partial charge in [0.15, 0.2) is 5.82 Å². The molecular formula is C13H15N3OS. The molecule has 4 nitrogen and oxygen atoms in total. The van der Waals surface area contributed by atoms with Crippen LogP contribution in [0.3, 0.4) is 0 Å². The molecule has 0 aliphatic carbocycles. The molecule has 5 heteroatoms.